The Morgan fingerprint density at radius 3 is 2.70 bits per heavy atom. The number of carbonyl (C=O) groups is 1. The van der Waals surface area contributed by atoms with Crippen molar-refractivity contribution in [1.29, 1.82) is 0 Å². The van der Waals surface area contributed by atoms with Crippen LogP contribution in [0.15, 0.2) is 66.9 Å². The number of rotatable bonds is 4. The molecular formula is C23H23N3O. The summed E-state index contributed by atoms with van der Waals surface area (Å²) in [7, 11) is 0. The summed E-state index contributed by atoms with van der Waals surface area (Å²) in [5, 5.41) is 3.40. The van der Waals surface area contributed by atoms with Gasteiger partial charge in [0.1, 0.15) is 5.69 Å². The van der Waals surface area contributed by atoms with Gasteiger partial charge in [-0.25, -0.2) is 0 Å². The zero-order valence-corrected chi connectivity index (χ0v) is 15.5. The maximum absolute atomic E-state index is 12.9. The van der Waals surface area contributed by atoms with E-state index in [-0.39, 0.29) is 5.91 Å². The molecule has 0 unspecified atom stereocenters. The molecule has 0 aliphatic carbocycles. The van der Waals surface area contributed by atoms with Gasteiger partial charge in [0, 0.05) is 31.5 Å². The molecule has 4 nitrogen and oxygen atoms in total. The quantitative estimate of drug-likeness (QED) is 0.761. The number of hydrogen-bond donors (Lipinski definition) is 1. The number of nitrogens with zero attached hydrogens (tertiary/aromatic N) is 2. The van der Waals surface area contributed by atoms with Crippen molar-refractivity contribution in [1.82, 2.24) is 9.88 Å². The molecule has 0 saturated heterocycles. The molecule has 0 atom stereocenters. The van der Waals surface area contributed by atoms with Gasteiger partial charge in [0.25, 0.3) is 5.91 Å². The molecule has 2 aromatic carbocycles. The second-order valence-electron chi connectivity index (χ2n) is 6.96. The second-order valence-corrected chi connectivity index (χ2v) is 6.96. The fraction of sp³-hybridized carbons (Fsp3) is 0.217. The third-order valence-corrected chi connectivity index (χ3v) is 5.14. The molecule has 0 bridgehead atoms. The molecule has 0 radical (unpaired) electrons. The monoisotopic (exact) mass is 357 g/mol. The van der Waals surface area contributed by atoms with Crippen LogP contribution < -0.4 is 5.32 Å². The predicted molar refractivity (Wildman–Crippen MR) is 108 cm³/mol. The Balaban J connectivity index is 1.46. The Labute approximate surface area is 159 Å². The van der Waals surface area contributed by atoms with Crippen molar-refractivity contribution in [2.24, 2.45) is 0 Å². The fourth-order valence-corrected chi connectivity index (χ4v) is 3.49. The Hall–Kier alpha value is -3.14. The van der Waals surface area contributed by atoms with E-state index in [1.165, 1.54) is 22.3 Å². The third kappa shape index (κ3) is 3.85. The maximum Gasteiger partial charge on any atom is 0.272 e. The minimum Gasteiger partial charge on any atom is -0.381 e. The van der Waals surface area contributed by atoms with Crippen molar-refractivity contribution in [3.63, 3.8) is 0 Å². The van der Waals surface area contributed by atoms with Crippen LogP contribution in [0.2, 0.25) is 0 Å². The number of fused-ring (bicyclic) bond motifs is 1. The fourth-order valence-electron chi connectivity index (χ4n) is 3.49. The number of carbonyl (C=O) groups excluding carboxylic acids is 1. The van der Waals surface area contributed by atoms with Crippen LogP contribution in [-0.4, -0.2) is 22.3 Å². The number of nitrogens with one attached hydrogen (secondary N) is 1. The molecule has 1 aromatic heterocycles. The number of hydrogen-bond acceptors (Lipinski definition) is 3. The van der Waals surface area contributed by atoms with E-state index in [4.69, 9.17) is 0 Å². The molecular weight excluding hydrogens is 334 g/mol. The molecule has 1 N–H and O–H groups in total. The average Bonchev–Trinajstić information content (AvgIpc) is 2.72. The smallest absolute Gasteiger partial charge is 0.272 e. The van der Waals surface area contributed by atoms with E-state index in [2.05, 4.69) is 47.6 Å². The topological polar surface area (TPSA) is 45.2 Å². The summed E-state index contributed by atoms with van der Waals surface area (Å²) < 4.78 is 0. The lowest BCUT2D eigenvalue weighted by Crippen LogP contribution is -2.36. The van der Waals surface area contributed by atoms with Crippen LogP contribution in [-0.2, 0) is 19.5 Å². The molecule has 0 spiro atoms. The van der Waals surface area contributed by atoms with Gasteiger partial charge in [-0.3, -0.25) is 9.78 Å². The van der Waals surface area contributed by atoms with Gasteiger partial charge in [-0.1, -0.05) is 48.5 Å². The highest BCUT2D eigenvalue weighted by molar-refractivity contribution is 5.93. The SMILES string of the molecule is Cc1ccccc1CNc1ccnc(C(=O)N2CCc3ccccc3C2)c1. The lowest BCUT2D eigenvalue weighted by Gasteiger charge is -2.28. The first-order chi connectivity index (χ1) is 13.2. The summed E-state index contributed by atoms with van der Waals surface area (Å²) in [6.45, 7) is 4.21. The van der Waals surface area contributed by atoms with E-state index in [0.717, 1.165) is 25.2 Å². The van der Waals surface area contributed by atoms with Crippen LogP contribution in [0, 0.1) is 6.92 Å². The average molecular weight is 357 g/mol. The Kier molecular flexibility index (Phi) is 4.88. The van der Waals surface area contributed by atoms with Crippen LogP contribution >= 0.6 is 0 Å². The Morgan fingerprint density at radius 2 is 1.85 bits per heavy atom. The van der Waals surface area contributed by atoms with Gasteiger partial charge in [-0.15, -0.1) is 0 Å². The molecule has 4 rings (SSSR count). The largest absolute Gasteiger partial charge is 0.381 e. The van der Waals surface area contributed by atoms with Crippen molar-refractivity contribution in [3.05, 3.63) is 94.8 Å². The van der Waals surface area contributed by atoms with Crippen molar-refractivity contribution in [3.8, 4) is 0 Å². The molecule has 136 valence electrons. The lowest BCUT2D eigenvalue weighted by atomic mass is 10.00. The van der Waals surface area contributed by atoms with Crippen LogP contribution in [0.25, 0.3) is 0 Å². The van der Waals surface area contributed by atoms with Crippen molar-refractivity contribution >= 4 is 11.6 Å². The number of amides is 1. The van der Waals surface area contributed by atoms with Gasteiger partial charge >= 0.3 is 0 Å². The zero-order valence-electron chi connectivity index (χ0n) is 15.5. The lowest BCUT2D eigenvalue weighted by molar-refractivity contribution is 0.0729. The zero-order chi connectivity index (χ0) is 18.6. The van der Waals surface area contributed by atoms with Crippen molar-refractivity contribution in [2.45, 2.75) is 26.4 Å². The van der Waals surface area contributed by atoms with Crippen LogP contribution in [0.5, 0.6) is 0 Å². The summed E-state index contributed by atoms with van der Waals surface area (Å²) in [4.78, 5) is 19.1. The second kappa shape index (κ2) is 7.62. The highest BCUT2D eigenvalue weighted by Gasteiger charge is 2.22. The van der Waals surface area contributed by atoms with Crippen molar-refractivity contribution < 1.29 is 4.79 Å². The van der Waals surface area contributed by atoms with Crippen LogP contribution in [0.4, 0.5) is 5.69 Å². The first-order valence-corrected chi connectivity index (χ1v) is 9.31. The van der Waals surface area contributed by atoms with E-state index in [1.807, 2.05) is 35.2 Å². The Morgan fingerprint density at radius 1 is 1.07 bits per heavy atom. The van der Waals surface area contributed by atoms with Gasteiger partial charge in [-0.05, 0) is 47.7 Å². The molecule has 0 fully saturated rings. The molecule has 3 aromatic rings. The van der Waals surface area contributed by atoms with Gasteiger partial charge in [0.2, 0.25) is 0 Å². The molecule has 2 heterocycles. The predicted octanol–water partition coefficient (Wildman–Crippen LogP) is 4.20. The normalized spacial score (nSPS) is 13.1. The molecule has 4 heteroatoms. The number of aryl methyl sites for hydroxylation is 1. The number of anilines is 1. The minimum atomic E-state index is -0.0101. The molecule has 1 aliphatic rings. The summed E-state index contributed by atoms with van der Waals surface area (Å²) in [6.07, 6.45) is 2.60. The van der Waals surface area contributed by atoms with E-state index < -0.39 is 0 Å². The van der Waals surface area contributed by atoms with E-state index in [1.54, 1.807) is 6.20 Å². The van der Waals surface area contributed by atoms with E-state index in [0.29, 0.717) is 12.2 Å². The van der Waals surface area contributed by atoms with E-state index in [9.17, 15) is 4.79 Å². The van der Waals surface area contributed by atoms with E-state index >= 15 is 0 Å². The third-order valence-electron chi connectivity index (χ3n) is 5.14. The standard InChI is InChI=1S/C23H23N3O/c1-17-6-2-3-8-19(17)15-25-21-10-12-24-22(14-21)23(27)26-13-11-18-7-4-5-9-20(18)16-26/h2-10,12,14H,11,13,15-16H2,1H3,(H,24,25). The van der Waals surface area contributed by atoms with Gasteiger partial charge in [-0.2, -0.15) is 0 Å². The Bertz CT molecular complexity index is 967. The first kappa shape index (κ1) is 17.3. The van der Waals surface area contributed by atoms with Gasteiger partial charge in [0.05, 0.1) is 0 Å². The summed E-state index contributed by atoms with van der Waals surface area (Å²) in [6, 6.07) is 20.4. The van der Waals surface area contributed by atoms with Gasteiger partial charge < -0.3 is 10.2 Å². The summed E-state index contributed by atoms with van der Waals surface area (Å²) in [5.41, 5.74) is 6.46. The molecule has 1 aliphatic heterocycles. The highest BCUT2D eigenvalue weighted by Crippen LogP contribution is 2.21. The minimum absolute atomic E-state index is 0.0101. The number of aromatic nitrogens is 1. The maximum atomic E-state index is 12.9. The summed E-state index contributed by atoms with van der Waals surface area (Å²) in [5.74, 6) is -0.0101. The van der Waals surface area contributed by atoms with Gasteiger partial charge in [0.15, 0.2) is 0 Å². The molecule has 27 heavy (non-hydrogen) atoms. The molecule has 0 saturated carbocycles. The van der Waals surface area contributed by atoms with Crippen LogP contribution in [0.1, 0.15) is 32.7 Å². The van der Waals surface area contributed by atoms with Crippen LogP contribution in [0.3, 0.4) is 0 Å². The highest BCUT2D eigenvalue weighted by atomic mass is 16.2. The van der Waals surface area contributed by atoms with Crippen molar-refractivity contribution in [2.75, 3.05) is 11.9 Å². The molecule has 1 amide bonds. The summed E-state index contributed by atoms with van der Waals surface area (Å²) >= 11 is 0. The first-order valence-electron chi connectivity index (χ1n) is 9.31. The number of pyridine rings is 1. The number of benzene rings is 2.